The minimum absolute atomic E-state index is 0.0224. The third-order valence-corrected chi connectivity index (χ3v) is 4.70. The molecule has 0 aliphatic rings. The molecule has 0 spiro atoms. The standard InChI is InChI=1S/C12H10BrClN2O2S/c13-8-1-6-12(11(14)7-8)19(17,18)16-10-4-2-9(15)3-5-10/h1-7,16H,15H2. The van der Waals surface area contributed by atoms with Crippen LogP contribution in [0.15, 0.2) is 51.8 Å². The molecule has 0 saturated carbocycles. The van der Waals surface area contributed by atoms with Gasteiger partial charge < -0.3 is 5.73 Å². The summed E-state index contributed by atoms with van der Waals surface area (Å²) in [7, 11) is -3.72. The number of benzene rings is 2. The topological polar surface area (TPSA) is 72.2 Å². The molecule has 2 aromatic carbocycles. The summed E-state index contributed by atoms with van der Waals surface area (Å²) >= 11 is 9.16. The van der Waals surface area contributed by atoms with Crippen molar-refractivity contribution < 1.29 is 8.42 Å². The zero-order valence-corrected chi connectivity index (χ0v) is 12.8. The van der Waals surface area contributed by atoms with Gasteiger partial charge in [0.15, 0.2) is 0 Å². The Morgan fingerprint density at radius 1 is 1.11 bits per heavy atom. The monoisotopic (exact) mass is 360 g/mol. The van der Waals surface area contributed by atoms with Crippen molar-refractivity contribution >= 4 is 48.9 Å². The number of nitrogens with two attached hydrogens (primary N) is 1. The molecule has 0 amide bonds. The second-order valence-electron chi connectivity index (χ2n) is 3.80. The minimum Gasteiger partial charge on any atom is -0.399 e. The molecule has 3 N–H and O–H groups in total. The number of nitrogen functional groups attached to an aromatic ring is 1. The van der Waals surface area contributed by atoms with Gasteiger partial charge in [0.2, 0.25) is 0 Å². The van der Waals surface area contributed by atoms with Gasteiger partial charge in [-0.3, -0.25) is 4.72 Å². The highest BCUT2D eigenvalue weighted by Gasteiger charge is 2.18. The molecule has 4 nitrogen and oxygen atoms in total. The summed E-state index contributed by atoms with van der Waals surface area (Å²) < 4.78 is 27.5. The van der Waals surface area contributed by atoms with Gasteiger partial charge in [-0.05, 0) is 42.5 Å². The maximum absolute atomic E-state index is 12.2. The first-order valence-corrected chi connectivity index (χ1v) is 7.87. The molecule has 0 aliphatic heterocycles. The molecular formula is C12H10BrClN2O2S. The molecule has 0 fully saturated rings. The minimum atomic E-state index is -3.72. The average molecular weight is 362 g/mol. The molecular weight excluding hydrogens is 352 g/mol. The van der Waals surface area contributed by atoms with E-state index in [1.807, 2.05) is 0 Å². The molecule has 2 aromatic rings. The number of halogens is 2. The van der Waals surface area contributed by atoms with E-state index in [2.05, 4.69) is 20.7 Å². The Labute approximate surface area is 124 Å². The van der Waals surface area contributed by atoms with Gasteiger partial charge in [0.05, 0.1) is 5.02 Å². The summed E-state index contributed by atoms with van der Waals surface area (Å²) in [5, 5.41) is 0.150. The van der Waals surface area contributed by atoms with E-state index in [0.717, 1.165) is 0 Å². The summed E-state index contributed by atoms with van der Waals surface area (Å²) in [6, 6.07) is 11.0. The molecule has 0 aromatic heterocycles. The van der Waals surface area contributed by atoms with Gasteiger partial charge in [-0.25, -0.2) is 8.42 Å². The molecule has 0 heterocycles. The van der Waals surface area contributed by atoms with Crippen molar-refractivity contribution in [2.75, 3.05) is 10.5 Å². The normalized spacial score (nSPS) is 11.3. The number of nitrogens with one attached hydrogen (secondary N) is 1. The van der Waals surface area contributed by atoms with E-state index < -0.39 is 10.0 Å². The number of hydrogen-bond acceptors (Lipinski definition) is 3. The largest absolute Gasteiger partial charge is 0.399 e. The van der Waals surface area contributed by atoms with Crippen molar-refractivity contribution in [1.29, 1.82) is 0 Å². The van der Waals surface area contributed by atoms with E-state index in [4.69, 9.17) is 17.3 Å². The van der Waals surface area contributed by atoms with Crippen molar-refractivity contribution in [2.24, 2.45) is 0 Å². The molecule has 2 rings (SSSR count). The fraction of sp³-hybridized carbons (Fsp3) is 0. The molecule has 0 radical (unpaired) electrons. The fourth-order valence-electron chi connectivity index (χ4n) is 1.45. The van der Waals surface area contributed by atoms with Crippen LogP contribution in [0.5, 0.6) is 0 Å². The van der Waals surface area contributed by atoms with E-state index in [9.17, 15) is 8.42 Å². The summed E-state index contributed by atoms with van der Waals surface area (Å²) in [6.45, 7) is 0. The Kier molecular flexibility index (Phi) is 4.03. The van der Waals surface area contributed by atoms with Crippen LogP contribution in [0.2, 0.25) is 5.02 Å². The van der Waals surface area contributed by atoms with Crippen LogP contribution in [0.3, 0.4) is 0 Å². The van der Waals surface area contributed by atoms with Gasteiger partial charge in [0.25, 0.3) is 10.0 Å². The molecule has 0 aliphatic carbocycles. The summed E-state index contributed by atoms with van der Waals surface area (Å²) in [5.41, 5.74) is 6.52. The molecule has 19 heavy (non-hydrogen) atoms. The summed E-state index contributed by atoms with van der Waals surface area (Å²) in [5.74, 6) is 0. The van der Waals surface area contributed by atoms with Crippen molar-refractivity contribution in [1.82, 2.24) is 0 Å². The van der Waals surface area contributed by atoms with E-state index in [-0.39, 0.29) is 9.92 Å². The first kappa shape index (κ1) is 14.2. The third-order valence-electron chi connectivity index (χ3n) is 2.35. The van der Waals surface area contributed by atoms with Crippen LogP contribution < -0.4 is 10.5 Å². The Morgan fingerprint density at radius 3 is 2.32 bits per heavy atom. The zero-order valence-electron chi connectivity index (χ0n) is 9.60. The molecule has 0 unspecified atom stereocenters. The smallest absolute Gasteiger partial charge is 0.263 e. The average Bonchev–Trinajstić information content (AvgIpc) is 2.31. The summed E-state index contributed by atoms with van der Waals surface area (Å²) in [4.78, 5) is 0.0224. The molecule has 0 atom stereocenters. The van der Waals surface area contributed by atoms with Crippen molar-refractivity contribution in [2.45, 2.75) is 4.90 Å². The predicted octanol–water partition coefficient (Wildman–Crippen LogP) is 3.49. The number of anilines is 2. The SMILES string of the molecule is Nc1ccc(NS(=O)(=O)c2ccc(Br)cc2Cl)cc1. The van der Waals surface area contributed by atoms with E-state index >= 15 is 0 Å². The Hall–Kier alpha value is -1.24. The lowest BCUT2D eigenvalue weighted by Gasteiger charge is -2.09. The zero-order chi connectivity index (χ0) is 14.0. The quantitative estimate of drug-likeness (QED) is 0.822. The highest BCUT2D eigenvalue weighted by Crippen LogP contribution is 2.27. The number of sulfonamides is 1. The van der Waals surface area contributed by atoms with E-state index in [1.54, 1.807) is 30.3 Å². The lowest BCUT2D eigenvalue weighted by molar-refractivity contribution is 0.601. The van der Waals surface area contributed by atoms with Crippen LogP contribution in [-0.4, -0.2) is 8.42 Å². The lowest BCUT2D eigenvalue weighted by Crippen LogP contribution is -2.13. The molecule has 0 saturated heterocycles. The van der Waals surface area contributed by atoms with Gasteiger partial charge in [-0.1, -0.05) is 27.5 Å². The summed E-state index contributed by atoms with van der Waals surface area (Å²) in [6.07, 6.45) is 0. The second-order valence-corrected chi connectivity index (χ2v) is 6.78. The van der Waals surface area contributed by atoms with Crippen LogP contribution in [-0.2, 0) is 10.0 Å². The van der Waals surface area contributed by atoms with Gasteiger partial charge in [0, 0.05) is 15.8 Å². The predicted molar refractivity (Wildman–Crippen MR) is 80.8 cm³/mol. The highest BCUT2D eigenvalue weighted by molar-refractivity contribution is 9.10. The van der Waals surface area contributed by atoms with Gasteiger partial charge in [-0.2, -0.15) is 0 Å². The van der Waals surface area contributed by atoms with Crippen molar-refractivity contribution in [3.63, 3.8) is 0 Å². The van der Waals surface area contributed by atoms with Crippen LogP contribution in [0.1, 0.15) is 0 Å². The first-order chi connectivity index (χ1) is 8.88. The first-order valence-electron chi connectivity index (χ1n) is 5.22. The maximum atomic E-state index is 12.2. The van der Waals surface area contributed by atoms with Crippen molar-refractivity contribution in [3.8, 4) is 0 Å². The van der Waals surface area contributed by atoms with Gasteiger partial charge >= 0.3 is 0 Å². The van der Waals surface area contributed by atoms with Crippen LogP contribution >= 0.6 is 27.5 Å². The van der Waals surface area contributed by atoms with Crippen LogP contribution in [0, 0.1) is 0 Å². The van der Waals surface area contributed by atoms with Gasteiger partial charge in [0.1, 0.15) is 4.90 Å². The Balaban J connectivity index is 2.35. The highest BCUT2D eigenvalue weighted by atomic mass is 79.9. The fourth-order valence-corrected chi connectivity index (χ4v) is 3.55. The maximum Gasteiger partial charge on any atom is 0.263 e. The van der Waals surface area contributed by atoms with Crippen LogP contribution in [0.4, 0.5) is 11.4 Å². The van der Waals surface area contributed by atoms with Crippen LogP contribution in [0.25, 0.3) is 0 Å². The second kappa shape index (κ2) is 5.40. The van der Waals surface area contributed by atoms with E-state index in [0.29, 0.717) is 15.8 Å². The molecule has 7 heteroatoms. The molecule has 100 valence electrons. The number of rotatable bonds is 3. The Bertz CT molecular complexity index is 702. The third kappa shape index (κ3) is 3.40. The number of hydrogen-bond donors (Lipinski definition) is 2. The van der Waals surface area contributed by atoms with E-state index in [1.165, 1.54) is 12.1 Å². The molecule has 0 bridgehead atoms. The lowest BCUT2D eigenvalue weighted by atomic mass is 10.3. The van der Waals surface area contributed by atoms with Crippen molar-refractivity contribution in [3.05, 3.63) is 52.0 Å². The van der Waals surface area contributed by atoms with Gasteiger partial charge in [-0.15, -0.1) is 0 Å². The Morgan fingerprint density at radius 2 is 1.74 bits per heavy atom.